The van der Waals surface area contributed by atoms with Crippen LogP contribution in [-0.4, -0.2) is 18.4 Å². The minimum absolute atomic E-state index is 0.0697. The quantitative estimate of drug-likeness (QED) is 0.352. The fraction of sp³-hybridized carbons (Fsp3) is 0.167. The molecule has 0 aromatic heterocycles. The number of benzene rings is 3. The second-order valence-corrected chi connectivity index (χ2v) is 6.76. The first kappa shape index (κ1) is 19.4. The molecule has 0 aliphatic carbocycles. The van der Waals surface area contributed by atoms with Crippen molar-refractivity contribution in [2.75, 3.05) is 6.61 Å². The van der Waals surface area contributed by atoms with E-state index in [1.165, 1.54) is 0 Å². The summed E-state index contributed by atoms with van der Waals surface area (Å²) < 4.78 is 10.9. The van der Waals surface area contributed by atoms with E-state index in [0.29, 0.717) is 28.2 Å². The number of rotatable bonds is 6. The molecule has 4 heteroatoms. The monoisotopic (exact) mass is 374 g/mol. The Balaban J connectivity index is 1.64. The zero-order valence-electron chi connectivity index (χ0n) is 16.2. The number of aryl methyl sites for hydroxylation is 3. The molecule has 3 aromatic carbocycles. The Kier molecular flexibility index (Phi) is 5.90. The Bertz CT molecular complexity index is 986. The van der Waals surface area contributed by atoms with Crippen molar-refractivity contribution < 1.29 is 19.1 Å². The van der Waals surface area contributed by atoms with Crippen LogP contribution in [-0.2, 0) is 4.79 Å². The van der Waals surface area contributed by atoms with Gasteiger partial charge in [-0.3, -0.25) is 4.79 Å². The van der Waals surface area contributed by atoms with Crippen LogP contribution >= 0.6 is 0 Å². The summed E-state index contributed by atoms with van der Waals surface area (Å²) in [4.78, 5) is 24.7. The number of carbonyl (C=O) groups is 2. The molecule has 0 N–H and O–H groups in total. The minimum Gasteiger partial charge on any atom is -0.482 e. The van der Waals surface area contributed by atoms with Crippen LogP contribution in [0.15, 0.2) is 66.7 Å². The van der Waals surface area contributed by atoms with Gasteiger partial charge < -0.3 is 9.47 Å². The van der Waals surface area contributed by atoms with Crippen molar-refractivity contribution in [3.05, 3.63) is 94.5 Å². The zero-order valence-corrected chi connectivity index (χ0v) is 16.2. The summed E-state index contributed by atoms with van der Waals surface area (Å²) in [5.41, 5.74) is 4.01. The second kappa shape index (κ2) is 8.53. The highest BCUT2D eigenvalue weighted by Gasteiger charge is 2.13. The molecule has 0 amide bonds. The zero-order chi connectivity index (χ0) is 20.1. The van der Waals surface area contributed by atoms with Crippen LogP contribution in [0, 0.1) is 20.8 Å². The van der Waals surface area contributed by atoms with Gasteiger partial charge in [-0.15, -0.1) is 0 Å². The summed E-state index contributed by atoms with van der Waals surface area (Å²) in [7, 11) is 0. The van der Waals surface area contributed by atoms with Gasteiger partial charge in [0, 0.05) is 11.1 Å². The van der Waals surface area contributed by atoms with E-state index in [9.17, 15) is 9.59 Å². The van der Waals surface area contributed by atoms with Crippen LogP contribution in [0.25, 0.3) is 0 Å². The summed E-state index contributed by atoms with van der Waals surface area (Å²) >= 11 is 0. The average molecular weight is 374 g/mol. The van der Waals surface area contributed by atoms with Crippen LogP contribution in [0.5, 0.6) is 11.5 Å². The maximum atomic E-state index is 12.5. The fourth-order valence-electron chi connectivity index (χ4n) is 2.97. The van der Waals surface area contributed by atoms with Crippen LogP contribution in [0.2, 0.25) is 0 Å². The summed E-state index contributed by atoms with van der Waals surface area (Å²) in [5, 5.41) is 0. The third-order valence-electron chi connectivity index (χ3n) is 4.25. The third kappa shape index (κ3) is 4.86. The molecule has 28 heavy (non-hydrogen) atoms. The Labute approximate surface area is 164 Å². The lowest BCUT2D eigenvalue weighted by atomic mass is 10.0. The summed E-state index contributed by atoms with van der Waals surface area (Å²) in [5.74, 6) is 0.484. The highest BCUT2D eigenvalue weighted by atomic mass is 16.6. The maximum Gasteiger partial charge on any atom is 0.349 e. The highest BCUT2D eigenvalue weighted by molar-refractivity contribution is 6.09. The first-order valence-electron chi connectivity index (χ1n) is 9.04. The van der Waals surface area contributed by atoms with E-state index < -0.39 is 5.97 Å². The van der Waals surface area contributed by atoms with E-state index in [4.69, 9.17) is 9.47 Å². The topological polar surface area (TPSA) is 52.6 Å². The summed E-state index contributed by atoms with van der Waals surface area (Å²) in [6, 6.07) is 19.9. The van der Waals surface area contributed by atoms with Crippen molar-refractivity contribution in [1.82, 2.24) is 0 Å². The molecule has 3 rings (SSSR count). The Morgan fingerprint density at radius 2 is 1.46 bits per heavy atom. The Hall–Kier alpha value is -3.40. The third-order valence-corrected chi connectivity index (χ3v) is 4.25. The van der Waals surface area contributed by atoms with Gasteiger partial charge in [0.15, 0.2) is 12.4 Å². The van der Waals surface area contributed by atoms with E-state index >= 15 is 0 Å². The fourth-order valence-corrected chi connectivity index (χ4v) is 2.97. The number of ether oxygens (including phenoxy) is 2. The molecule has 0 unspecified atom stereocenters. The van der Waals surface area contributed by atoms with Crippen molar-refractivity contribution in [3.63, 3.8) is 0 Å². The van der Waals surface area contributed by atoms with Gasteiger partial charge in [0.05, 0.1) is 0 Å². The molecule has 0 fully saturated rings. The van der Waals surface area contributed by atoms with Gasteiger partial charge in [-0.1, -0.05) is 36.4 Å². The van der Waals surface area contributed by atoms with Crippen molar-refractivity contribution in [1.29, 1.82) is 0 Å². The molecule has 0 aliphatic rings. The first-order chi connectivity index (χ1) is 13.4. The smallest absolute Gasteiger partial charge is 0.349 e. The summed E-state index contributed by atoms with van der Waals surface area (Å²) in [6.07, 6.45) is 0. The molecule has 4 nitrogen and oxygen atoms in total. The molecule has 0 heterocycles. The summed E-state index contributed by atoms with van der Waals surface area (Å²) in [6.45, 7) is 5.56. The predicted molar refractivity (Wildman–Crippen MR) is 108 cm³/mol. The van der Waals surface area contributed by atoms with Crippen LogP contribution in [0.4, 0.5) is 0 Å². The number of carbonyl (C=O) groups excluding carboxylic acids is 2. The van der Waals surface area contributed by atoms with Gasteiger partial charge in [-0.25, -0.2) is 4.79 Å². The van der Waals surface area contributed by atoms with Crippen molar-refractivity contribution >= 4 is 11.8 Å². The van der Waals surface area contributed by atoms with E-state index in [0.717, 1.165) is 11.1 Å². The molecule has 0 spiro atoms. The largest absolute Gasteiger partial charge is 0.482 e. The molecule has 0 bridgehead atoms. The van der Waals surface area contributed by atoms with Crippen LogP contribution in [0.3, 0.4) is 0 Å². The van der Waals surface area contributed by atoms with Crippen molar-refractivity contribution in [3.8, 4) is 11.5 Å². The predicted octanol–water partition coefficient (Wildman–Crippen LogP) is 4.83. The standard InChI is InChI=1S/C24H22O4/c1-16-11-17(2)13-21(12-16)27-15-23(25)28-22-10-9-20(14-18(22)3)24(26)19-7-5-4-6-8-19/h4-14H,15H2,1-3H3. The van der Waals surface area contributed by atoms with Crippen LogP contribution in [0.1, 0.15) is 32.6 Å². The van der Waals surface area contributed by atoms with Gasteiger partial charge >= 0.3 is 5.97 Å². The number of esters is 1. The Morgan fingerprint density at radius 3 is 2.11 bits per heavy atom. The molecule has 3 aromatic rings. The number of ketones is 1. The van der Waals surface area contributed by atoms with Gasteiger partial charge in [-0.05, 0) is 67.8 Å². The molecular weight excluding hydrogens is 352 g/mol. The lowest BCUT2D eigenvalue weighted by molar-refractivity contribution is -0.136. The molecule has 0 saturated carbocycles. The first-order valence-corrected chi connectivity index (χ1v) is 9.04. The lowest BCUT2D eigenvalue weighted by Crippen LogP contribution is -2.18. The molecule has 142 valence electrons. The number of hydrogen-bond acceptors (Lipinski definition) is 4. The Morgan fingerprint density at radius 1 is 0.786 bits per heavy atom. The SMILES string of the molecule is Cc1cc(C)cc(OCC(=O)Oc2ccc(C(=O)c3ccccc3)cc2C)c1. The van der Waals surface area contributed by atoms with E-state index in [-0.39, 0.29) is 12.4 Å². The number of hydrogen-bond donors (Lipinski definition) is 0. The highest BCUT2D eigenvalue weighted by Crippen LogP contribution is 2.22. The molecule has 0 radical (unpaired) electrons. The van der Waals surface area contributed by atoms with E-state index in [1.54, 1.807) is 37.3 Å². The average Bonchev–Trinajstić information content (AvgIpc) is 2.67. The van der Waals surface area contributed by atoms with E-state index in [2.05, 4.69) is 0 Å². The lowest BCUT2D eigenvalue weighted by Gasteiger charge is -2.11. The van der Waals surface area contributed by atoms with Crippen molar-refractivity contribution in [2.45, 2.75) is 20.8 Å². The van der Waals surface area contributed by atoms with Gasteiger partial charge in [0.25, 0.3) is 0 Å². The van der Waals surface area contributed by atoms with Crippen molar-refractivity contribution in [2.24, 2.45) is 0 Å². The van der Waals surface area contributed by atoms with E-state index in [1.807, 2.05) is 50.2 Å². The maximum absolute atomic E-state index is 12.5. The molecule has 0 aliphatic heterocycles. The van der Waals surface area contributed by atoms with Gasteiger partial charge in [0.2, 0.25) is 0 Å². The molecular formula is C24H22O4. The van der Waals surface area contributed by atoms with Crippen LogP contribution < -0.4 is 9.47 Å². The molecule has 0 saturated heterocycles. The van der Waals surface area contributed by atoms with Gasteiger partial charge in [-0.2, -0.15) is 0 Å². The second-order valence-electron chi connectivity index (χ2n) is 6.76. The normalized spacial score (nSPS) is 10.4. The van der Waals surface area contributed by atoms with Gasteiger partial charge in [0.1, 0.15) is 11.5 Å². The minimum atomic E-state index is -0.496. The molecule has 0 atom stereocenters.